The third kappa shape index (κ3) is 2.93. The van der Waals surface area contributed by atoms with Gasteiger partial charge in [0, 0.05) is 11.8 Å². The molecule has 0 bridgehead atoms. The number of nitrogen functional groups attached to an aromatic ring is 1. The average Bonchev–Trinajstić information content (AvgIpc) is 2.38. The van der Waals surface area contributed by atoms with Gasteiger partial charge in [0.15, 0.2) is 0 Å². The van der Waals surface area contributed by atoms with E-state index >= 15 is 0 Å². The second-order valence-electron chi connectivity index (χ2n) is 3.93. The molecule has 3 N–H and O–H groups in total. The molecule has 0 aliphatic heterocycles. The maximum Gasteiger partial charge on any atom is 0.257 e. The lowest BCUT2D eigenvalue weighted by atomic mass is 10.1. The van der Waals surface area contributed by atoms with E-state index in [1.807, 2.05) is 0 Å². The molecule has 2 aromatic rings. The van der Waals surface area contributed by atoms with Crippen LogP contribution in [0.1, 0.15) is 10.4 Å². The number of benzene rings is 2. The van der Waals surface area contributed by atoms with Crippen LogP contribution in [0.2, 0.25) is 0 Å². The molecule has 2 aromatic carbocycles. The molecule has 0 heterocycles. The monoisotopic (exact) mass is 344 g/mol. The summed E-state index contributed by atoms with van der Waals surface area (Å²) in [5.41, 5.74) is 5.04. The summed E-state index contributed by atoms with van der Waals surface area (Å²) in [7, 11) is 0. The second-order valence-corrected chi connectivity index (χ2v) is 4.79. The number of amides is 1. The van der Waals surface area contributed by atoms with Crippen molar-refractivity contribution in [3.63, 3.8) is 0 Å². The van der Waals surface area contributed by atoms with E-state index in [4.69, 9.17) is 5.73 Å². The highest BCUT2D eigenvalue weighted by atomic mass is 79.9. The lowest BCUT2D eigenvalue weighted by Crippen LogP contribution is -2.15. The van der Waals surface area contributed by atoms with Crippen molar-refractivity contribution in [2.75, 3.05) is 11.1 Å². The van der Waals surface area contributed by atoms with Crippen LogP contribution < -0.4 is 11.1 Å². The molecule has 3 nitrogen and oxygen atoms in total. The molecule has 0 spiro atoms. The van der Waals surface area contributed by atoms with E-state index < -0.39 is 23.4 Å². The molecule has 0 saturated carbocycles. The van der Waals surface area contributed by atoms with E-state index in [2.05, 4.69) is 21.2 Å². The van der Waals surface area contributed by atoms with Gasteiger partial charge in [-0.3, -0.25) is 4.79 Å². The Balaban J connectivity index is 2.32. The number of carbonyl (C=O) groups is 1. The van der Waals surface area contributed by atoms with Crippen molar-refractivity contribution < 1.29 is 18.0 Å². The molecule has 0 saturated heterocycles. The fourth-order valence-electron chi connectivity index (χ4n) is 1.53. The van der Waals surface area contributed by atoms with Gasteiger partial charge in [-0.1, -0.05) is 0 Å². The SMILES string of the molecule is Nc1ccc(F)cc1C(=O)Nc1cc(F)c(Br)cc1F. The molecular formula is C13H8BrF3N2O. The maximum atomic E-state index is 13.6. The van der Waals surface area contributed by atoms with Crippen molar-refractivity contribution in [1.29, 1.82) is 0 Å². The topological polar surface area (TPSA) is 55.1 Å². The molecule has 20 heavy (non-hydrogen) atoms. The molecule has 0 aromatic heterocycles. The van der Waals surface area contributed by atoms with Crippen molar-refractivity contribution in [1.82, 2.24) is 0 Å². The van der Waals surface area contributed by atoms with Crippen LogP contribution in [0.4, 0.5) is 24.5 Å². The van der Waals surface area contributed by atoms with Crippen LogP contribution in [-0.4, -0.2) is 5.91 Å². The first-order chi connectivity index (χ1) is 9.38. The smallest absolute Gasteiger partial charge is 0.257 e. The number of carbonyl (C=O) groups excluding carboxylic acids is 1. The third-order valence-corrected chi connectivity index (χ3v) is 3.13. The van der Waals surface area contributed by atoms with Crippen molar-refractivity contribution in [3.8, 4) is 0 Å². The molecule has 0 radical (unpaired) electrons. The van der Waals surface area contributed by atoms with Crippen LogP contribution in [0, 0.1) is 17.5 Å². The zero-order valence-corrected chi connectivity index (χ0v) is 11.5. The Bertz CT molecular complexity index is 692. The molecule has 104 valence electrons. The molecule has 1 amide bonds. The number of nitrogens with two attached hydrogens (primary N) is 1. The Hall–Kier alpha value is -2.02. The van der Waals surface area contributed by atoms with Gasteiger partial charge in [0.05, 0.1) is 15.7 Å². The fraction of sp³-hybridized carbons (Fsp3) is 0. The summed E-state index contributed by atoms with van der Waals surface area (Å²) in [5.74, 6) is -3.06. The summed E-state index contributed by atoms with van der Waals surface area (Å²) >= 11 is 2.82. The number of hydrogen-bond donors (Lipinski definition) is 2. The van der Waals surface area contributed by atoms with Gasteiger partial charge in [-0.2, -0.15) is 0 Å². The molecule has 0 unspecified atom stereocenters. The first-order valence-electron chi connectivity index (χ1n) is 5.39. The summed E-state index contributed by atoms with van der Waals surface area (Å²) in [6, 6.07) is 4.90. The van der Waals surface area contributed by atoms with E-state index in [1.54, 1.807) is 0 Å². The van der Waals surface area contributed by atoms with E-state index in [1.165, 1.54) is 6.07 Å². The largest absolute Gasteiger partial charge is 0.398 e. The van der Waals surface area contributed by atoms with Crippen LogP contribution in [-0.2, 0) is 0 Å². The zero-order valence-electron chi connectivity index (χ0n) is 9.88. The number of rotatable bonds is 2. The van der Waals surface area contributed by atoms with E-state index in [0.29, 0.717) is 0 Å². The Kier molecular flexibility index (Phi) is 3.99. The minimum atomic E-state index is -0.832. The van der Waals surface area contributed by atoms with Gasteiger partial charge < -0.3 is 11.1 Å². The highest BCUT2D eigenvalue weighted by molar-refractivity contribution is 9.10. The van der Waals surface area contributed by atoms with Crippen LogP contribution >= 0.6 is 15.9 Å². The van der Waals surface area contributed by atoms with Crippen molar-refractivity contribution in [2.45, 2.75) is 0 Å². The van der Waals surface area contributed by atoms with Crippen molar-refractivity contribution >= 4 is 33.2 Å². The van der Waals surface area contributed by atoms with Crippen LogP contribution in [0.5, 0.6) is 0 Å². The van der Waals surface area contributed by atoms with E-state index in [0.717, 1.165) is 24.3 Å². The van der Waals surface area contributed by atoms with Gasteiger partial charge in [0.1, 0.15) is 17.5 Å². The lowest BCUT2D eigenvalue weighted by Gasteiger charge is -2.09. The quantitative estimate of drug-likeness (QED) is 0.644. The van der Waals surface area contributed by atoms with Crippen molar-refractivity contribution in [2.24, 2.45) is 0 Å². The number of nitrogens with one attached hydrogen (secondary N) is 1. The minimum absolute atomic E-state index is 0.0295. The van der Waals surface area contributed by atoms with Gasteiger partial charge >= 0.3 is 0 Å². The van der Waals surface area contributed by atoms with Crippen molar-refractivity contribution in [3.05, 3.63) is 57.8 Å². The molecule has 0 atom stereocenters. The predicted molar refractivity (Wildman–Crippen MR) is 72.8 cm³/mol. The fourth-order valence-corrected chi connectivity index (χ4v) is 1.85. The highest BCUT2D eigenvalue weighted by Crippen LogP contribution is 2.24. The Morgan fingerprint density at radius 3 is 2.50 bits per heavy atom. The van der Waals surface area contributed by atoms with Gasteiger partial charge in [0.25, 0.3) is 5.91 Å². The minimum Gasteiger partial charge on any atom is -0.398 e. The summed E-state index contributed by atoms with van der Waals surface area (Å²) in [6.45, 7) is 0. The second kappa shape index (κ2) is 5.54. The summed E-state index contributed by atoms with van der Waals surface area (Å²) in [6.07, 6.45) is 0. The Morgan fingerprint density at radius 1 is 1.10 bits per heavy atom. The molecule has 2 rings (SSSR count). The lowest BCUT2D eigenvalue weighted by molar-refractivity contribution is 0.102. The average molecular weight is 345 g/mol. The molecule has 0 fully saturated rings. The number of hydrogen-bond acceptors (Lipinski definition) is 2. The first kappa shape index (κ1) is 14.4. The standard InChI is InChI=1S/C13H8BrF3N2O/c14-8-4-10(17)12(5-9(8)16)19-13(20)7-3-6(15)1-2-11(7)18/h1-5H,18H2,(H,19,20). The number of halogens is 4. The third-order valence-electron chi connectivity index (χ3n) is 2.52. The van der Waals surface area contributed by atoms with Gasteiger partial charge in [-0.05, 0) is 40.2 Å². The van der Waals surface area contributed by atoms with Gasteiger partial charge in [-0.15, -0.1) is 0 Å². The van der Waals surface area contributed by atoms with Crippen LogP contribution in [0.25, 0.3) is 0 Å². The summed E-state index contributed by atoms with van der Waals surface area (Å²) in [5, 5.41) is 2.14. The number of anilines is 2. The first-order valence-corrected chi connectivity index (χ1v) is 6.18. The van der Waals surface area contributed by atoms with Crippen LogP contribution in [0.15, 0.2) is 34.8 Å². The highest BCUT2D eigenvalue weighted by Gasteiger charge is 2.15. The molecule has 0 aliphatic rings. The normalized spacial score (nSPS) is 10.4. The van der Waals surface area contributed by atoms with E-state index in [-0.39, 0.29) is 21.4 Å². The predicted octanol–water partition coefficient (Wildman–Crippen LogP) is 3.70. The molecular weight excluding hydrogens is 337 g/mol. The van der Waals surface area contributed by atoms with Crippen LogP contribution in [0.3, 0.4) is 0 Å². The Morgan fingerprint density at radius 2 is 1.80 bits per heavy atom. The Labute approximate surface area is 120 Å². The van der Waals surface area contributed by atoms with Gasteiger partial charge in [-0.25, -0.2) is 13.2 Å². The maximum absolute atomic E-state index is 13.6. The zero-order chi connectivity index (χ0) is 14.9. The summed E-state index contributed by atoms with van der Waals surface area (Å²) in [4.78, 5) is 11.9. The van der Waals surface area contributed by atoms with Gasteiger partial charge in [0.2, 0.25) is 0 Å². The molecule has 0 aliphatic carbocycles. The van der Waals surface area contributed by atoms with E-state index in [9.17, 15) is 18.0 Å². The summed E-state index contributed by atoms with van der Waals surface area (Å²) < 4.78 is 39.9. The molecule has 7 heteroatoms.